The molecule has 2 aliphatic heterocycles. The summed E-state index contributed by atoms with van der Waals surface area (Å²) < 4.78 is 11.7. The van der Waals surface area contributed by atoms with Gasteiger partial charge in [0.1, 0.15) is 6.61 Å². The van der Waals surface area contributed by atoms with E-state index in [0.717, 1.165) is 11.4 Å². The summed E-state index contributed by atoms with van der Waals surface area (Å²) in [6, 6.07) is 14.3. The van der Waals surface area contributed by atoms with Crippen LogP contribution in [0.4, 0.5) is 11.6 Å². The molecule has 3 heterocycles. The van der Waals surface area contributed by atoms with E-state index in [0.29, 0.717) is 65.3 Å². The van der Waals surface area contributed by atoms with E-state index in [1.165, 1.54) is 0 Å². The Morgan fingerprint density at radius 2 is 1.65 bits per heavy atom. The molecule has 208 valence electrons. The van der Waals surface area contributed by atoms with E-state index in [4.69, 9.17) is 44.9 Å². The third-order valence-electron chi connectivity index (χ3n) is 6.26. The first kappa shape index (κ1) is 27.9. The number of halogens is 2. The van der Waals surface area contributed by atoms with Crippen LogP contribution in [0, 0.1) is 13.8 Å². The molecular weight excluding hydrogens is 573 g/mol. The number of hydrogen-bond donors (Lipinski definition) is 2. The predicted molar refractivity (Wildman–Crippen MR) is 160 cm³/mol. The highest BCUT2D eigenvalue weighted by molar-refractivity contribution is 7.80. The zero-order chi connectivity index (χ0) is 28.2. The van der Waals surface area contributed by atoms with E-state index in [1.54, 1.807) is 29.2 Å². The molecule has 0 spiro atoms. The number of piperazine rings is 1. The smallest absolute Gasteiger partial charge is 0.267 e. The molecular formula is C27H27Cl2N7O3S. The van der Waals surface area contributed by atoms with Gasteiger partial charge in [-0.25, -0.2) is 9.97 Å². The summed E-state index contributed by atoms with van der Waals surface area (Å²) in [5, 5.41) is 7.37. The number of benzene rings is 2. The Balaban J connectivity index is 1.29. The van der Waals surface area contributed by atoms with Gasteiger partial charge in [-0.2, -0.15) is 4.99 Å². The van der Waals surface area contributed by atoms with Gasteiger partial charge >= 0.3 is 0 Å². The molecule has 2 aromatic carbocycles. The minimum atomic E-state index is -0.697. The molecule has 0 aliphatic carbocycles. The second-order valence-corrected chi connectivity index (χ2v) is 10.5. The molecule has 13 heteroatoms. The van der Waals surface area contributed by atoms with Crippen molar-refractivity contribution in [3.63, 3.8) is 0 Å². The summed E-state index contributed by atoms with van der Waals surface area (Å²) in [5.41, 5.74) is 2.21. The van der Waals surface area contributed by atoms with Gasteiger partial charge in [-0.3, -0.25) is 10.1 Å². The van der Waals surface area contributed by atoms with Crippen molar-refractivity contribution in [2.45, 2.75) is 20.0 Å². The Morgan fingerprint density at radius 1 is 0.975 bits per heavy atom. The molecule has 2 N–H and O–H groups in total. The van der Waals surface area contributed by atoms with Crippen LogP contribution in [0.3, 0.4) is 0 Å². The number of rotatable bonds is 3. The molecule has 1 saturated heterocycles. The van der Waals surface area contributed by atoms with Crippen LogP contribution in [0.15, 0.2) is 53.5 Å². The lowest BCUT2D eigenvalue weighted by atomic mass is 10.2. The summed E-state index contributed by atoms with van der Waals surface area (Å²) in [6.45, 7) is 5.86. The maximum absolute atomic E-state index is 13.2. The van der Waals surface area contributed by atoms with E-state index in [1.807, 2.05) is 43.0 Å². The standard InChI is InChI=1S/C27H27Cl2N7O3S/c1-16-13-17(2)31-25(30-16)33-26(34-27(40)32-20-8-7-18(28)14-19(20)29)36-11-9-35(10-12-36)24(37)23-15-38-21-5-3-4-6-22(21)39-23/h3-8,13-14,23H,9-12,15H2,1-2H3,(H2,30,31,32,33,34,40). The van der Waals surface area contributed by atoms with Crippen molar-refractivity contribution < 1.29 is 14.3 Å². The maximum Gasteiger partial charge on any atom is 0.267 e. The largest absolute Gasteiger partial charge is 0.485 e. The van der Waals surface area contributed by atoms with Crippen LogP contribution >= 0.6 is 35.4 Å². The highest BCUT2D eigenvalue weighted by Gasteiger charge is 2.33. The van der Waals surface area contributed by atoms with Crippen molar-refractivity contribution in [2.75, 3.05) is 43.4 Å². The van der Waals surface area contributed by atoms with Crippen molar-refractivity contribution >= 4 is 64.0 Å². The van der Waals surface area contributed by atoms with Gasteiger partial charge in [0.15, 0.2) is 11.5 Å². The van der Waals surface area contributed by atoms with Crippen molar-refractivity contribution in [1.82, 2.24) is 19.8 Å². The monoisotopic (exact) mass is 599 g/mol. The number of guanidine groups is 1. The number of aryl methyl sites for hydroxylation is 2. The van der Waals surface area contributed by atoms with Crippen LogP contribution in [0.2, 0.25) is 10.0 Å². The molecule has 2 aliphatic rings. The van der Waals surface area contributed by atoms with Gasteiger partial charge in [0.2, 0.25) is 23.1 Å². The molecule has 0 radical (unpaired) electrons. The topological polar surface area (TPSA) is 104 Å². The van der Waals surface area contributed by atoms with E-state index >= 15 is 0 Å². The summed E-state index contributed by atoms with van der Waals surface area (Å²) in [7, 11) is 0. The normalized spacial score (nSPS) is 16.9. The number of carbonyl (C=O) groups excluding carboxylic acids is 1. The number of carbonyl (C=O) groups is 1. The van der Waals surface area contributed by atoms with Crippen LogP contribution in [0.25, 0.3) is 0 Å². The average molecular weight is 601 g/mol. The quantitative estimate of drug-likeness (QED) is 0.255. The first-order valence-electron chi connectivity index (χ1n) is 12.6. The number of thiocarbonyl (C=S) groups is 1. The van der Waals surface area contributed by atoms with Crippen molar-refractivity contribution in [3.05, 3.63) is 70.0 Å². The number of nitrogens with one attached hydrogen (secondary N) is 2. The lowest BCUT2D eigenvalue weighted by molar-refractivity contribution is -0.142. The van der Waals surface area contributed by atoms with Gasteiger partial charge in [-0.15, -0.1) is 0 Å². The molecule has 10 nitrogen and oxygen atoms in total. The number of nitrogens with zero attached hydrogens (tertiary/aromatic N) is 5. The number of para-hydroxylation sites is 2. The predicted octanol–water partition coefficient (Wildman–Crippen LogP) is 4.55. The number of aromatic nitrogens is 2. The number of aliphatic imine (C=N–C) groups is 1. The lowest BCUT2D eigenvalue weighted by Crippen LogP contribution is -2.56. The minimum absolute atomic E-state index is 0.118. The molecule has 0 saturated carbocycles. The maximum atomic E-state index is 13.2. The Morgan fingerprint density at radius 3 is 2.35 bits per heavy atom. The van der Waals surface area contributed by atoms with E-state index < -0.39 is 6.10 Å². The molecule has 1 unspecified atom stereocenters. The summed E-state index contributed by atoms with van der Waals surface area (Å²) in [4.78, 5) is 30.6. The molecule has 1 atom stereocenters. The first-order valence-corrected chi connectivity index (χ1v) is 13.8. The van der Waals surface area contributed by atoms with Gasteiger partial charge < -0.3 is 24.6 Å². The Kier molecular flexibility index (Phi) is 8.53. The third-order valence-corrected chi connectivity index (χ3v) is 7.00. The first-order chi connectivity index (χ1) is 19.2. The second kappa shape index (κ2) is 12.2. The van der Waals surface area contributed by atoms with Crippen LogP contribution < -0.4 is 20.1 Å². The Labute approximate surface area is 247 Å². The van der Waals surface area contributed by atoms with E-state index in [2.05, 4.69) is 25.6 Å². The molecule has 1 aromatic heterocycles. The zero-order valence-electron chi connectivity index (χ0n) is 21.9. The number of amides is 1. The van der Waals surface area contributed by atoms with Crippen molar-refractivity contribution in [2.24, 2.45) is 4.99 Å². The fourth-order valence-corrected chi connectivity index (χ4v) is 5.03. The SMILES string of the molecule is Cc1cc(C)nc(N/C(=N/C(=S)Nc2ccc(Cl)cc2Cl)N2CCN(C(=O)C3COc4ccccc4O3)CC2)n1. The average Bonchev–Trinajstić information content (AvgIpc) is 2.93. The summed E-state index contributed by atoms with van der Waals surface area (Å²) >= 11 is 17.9. The van der Waals surface area contributed by atoms with E-state index in [9.17, 15) is 4.79 Å². The highest BCUT2D eigenvalue weighted by atomic mass is 35.5. The Hall–Kier alpha value is -3.67. The Bertz CT molecular complexity index is 1440. The molecule has 40 heavy (non-hydrogen) atoms. The number of anilines is 2. The second-order valence-electron chi connectivity index (χ2n) is 9.27. The minimum Gasteiger partial charge on any atom is -0.485 e. The van der Waals surface area contributed by atoms with Gasteiger partial charge in [0.05, 0.1) is 10.7 Å². The lowest BCUT2D eigenvalue weighted by Gasteiger charge is -2.38. The van der Waals surface area contributed by atoms with Crippen LogP contribution in [-0.2, 0) is 4.79 Å². The van der Waals surface area contributed by atoms with E-state index in [-0.39, 0.29) is 17.6 Å². The van der Waals surface area contributed by atoms with Crippen LogP contribution in [0.5, 0.6) is 11.5 Å². The van der Waals surface area contributed by atoms with Crippen molar-refractivity contribution in [1.29, 1.82) is 0 Å². The highest BCUT2D eigenvalue weighted by Crippen LogP contribution is 2.31. The molecule has 3 aromatic rings. The number of ether oxygens (including phenoxy) is 2. The van der Waals surface area contributed by atoms with Gasteiger partial charge in [-0.05, 0) is 62.5 Å². The van der Waals surface area contributed by atoms with Gasteiger partial charge in [0, 0.05) is 42.6 Å². The molecule has 1 amide bonds. The molecule has 1 fully saturated rings. The third kappa shape index (κ3) is 6.72. The molecule has 5 rings (SSSR count). The van der Waals surface area contributed by atoms with Crippen LogP contribution in [0.1, 0.15) is 11.4 Å². The zero-order valence-corrected chi connectivity index (χ0v) is 24.2. The van der Waals surface area contributed by atoms with Crippen molar-refractivity contribution in [3.8, 4) is 11.5 Å². The van der Waals surface area contributed by atoms with Gasteiger partial charge in [-0.1, -0.05) is 35.3 Å². The molecule has 0 bridgehead atoms. The van der Waals surface area contributed by atoms with Crippen LogP contribution in [-0.4, -0.2) is 75.6 Å². The summed E-state index contributed by atoms with van der Waals surface area (Å²) in [6.07, 6.45) is -0.697. The number of hydrogen-bond acceptors (Lipinski definition) is 6. The van der Waals surface area contributed by atoms with Gasteiger partial charge in [0.25, 0.3) is 5.91 Å². The fraction of sp³-hybridized carbons (Fsp3) is 0.296. The number of fused-ring (bicyclic) bond motifs is 1. The fourth-order valence-electron chi connectivity index (χ4n) is 4.37. The summed E-state index contributed by atoms with van der Waals surface area (Å²) in [5.74, 6) is 1.94.